The van der Waals surface area contributed by atoms with Gasteiger partial charge in [0.1, 0.15) is 12.0 Å². The van der Waals surface area contributed by atoms with Crippen molar-refractivity contribution in [3.05, 3.63) is 40.2 Å². The number of nitrogens with one attached hydrogen (secondary N) is 1. The molecule has 0 atom stereocenters. The lowest BCUT2D eigenvalue weighted by molar-refractivity contribution is -0.384. The molecule has 1 aromatic carbocycles. The number of aromatic nitrogens is 3. The van der Waals surface area contributed by atoms with Crippen LogP contribution in [0.15, 0.2) is 29.7 Å². The zero-order chi connectivity index (χ0) is 14.5. The highest BCUT2D eigenvalue weighted by atomic mass is 32.2. The van der Waals surface area contributed by atoms with Crippen LogP contribution in [0.3, 0.4) is 0 Å². The number of benzene rings is 1. The van der Waals surface area contributed by atoms with Crippen LogP contribution in [0.1, 0.15) is 12.5 Å². The van der Waals surface area contributed by atoms with Crippen LogP contribution in [0, 0.1) is 10.1 Å². The minimum absolute atomic E-state index is 0.0999. The van der Waals surface area contributed by atoms with Gasteiger partial charge in [0.05, 0.1) is 4.92 Å². The third-order valence-corrected chi connectivity index (χ3v) is 3.77. The number of rotatable bonds is 6. The van der Waals surface area contributed by atoms with Crippen molar-refractivity contribution >= 4 is 23.1 Å². The van der Waals surface area contributed by atoms with E-state index in [0.717, 1.165) is 10.7 Å². The number of hydrogen-bond acceptors (Lipinski definition) is 6. The normalized spacial score (nSPS) is 10.5. The quantitative estimate of drug-likeness (QED) is 0.500. The van der Waals surface area contributed by atoms with E-state index >= 15 is 0 Å². The van der Waals surface area contributed by atoms with Crippen LogP contribution in [0.25, 0.3) is 0 Å². The summed E-state index contributed by atoms with van der Waals surface area (Å²) in [7, 11) is 1.86. The first kappa shape index (κ1) is 14.3. The molecule has 1 aromatic heterocycles. The molecule has 0 fully saturated rings. The summed E-state index contributed by atoms with van der Waals surface area (Å²) in [5.41, 5.74) is 1.53. The van der Waals surface area contributed by atoms with Crippen molar-refractivity contribution in [2.45, 2.75) is 17.8 Å². The minimum Gasteiger partial charge on any atom is -0.380 e. The van der Waals surface area contributed by atoms with E-state index in [1.807, 2.05) is 24.6 Å². The van der Waals surface area contributed by atoms with Crippen LogP contribution in [-0.2, 0) is 12.8 Å². The Morgan fingerprint density at radius 2 is 2.30 bits per heavy atom. The van der Waals surface area contributed by atoms with Crippen LogP contribution in [-0.4, -0.2) is 26.2 Å². The molecule has 106 valence electrons. The highest BCUT2D eigenvalue weighted by molar-refractivity contribution is 7.98. The molecule has 0 aliphatic carbocycles. The molecule has 20 heavy (non-hydrogen) atoms. The fraction of sp³-hybridized carbons (Fsp3) is 0.333. The predicted octanol–water partition coefficient (Wildman–Crippen LogP) is 2.45. The second-order valence-corrected chi connectivity index (χ2v) is 5.09. The first-order chi connectivity index (χ1) is 9.61. The SMILES string of the molecule is CCNc1ccc(CSc2nncn2C)cc1[N+](=O)[O-]. The van der Waals surface area contributed by atoms with Crippen molar-refractivity contribution in [1.82, 2.24) is 14.8 Å². The van der Waals surface area contributed by atoms with E-state index in [0.29, 0.717) is 18.0 Å². The molecule has 2 rings (SSSR count). The van der Waals surface area contributed by atoms with Gasteiger partial charge < -0.3 is 9.88 Å². The minimum atomic E-state index is -0.367. The number of hydrogen-bond donors (Lipinski definition) is 1. The Bertz CT molecular complexity index is 614. The zero-order valence-corrected chi connectivity index (χ0v) is 12.1. The molecular formula is C12H15N5O2S. The number of nitrogens with zero attached hydrogens (tertiary/aromatic N) is 4. The topological polar surface area (TPSA) is 85.9 Å². The van der Waals surface area contributed by atoms with E-state index < -0.39 is 0 Å². The highest BCUT2D eigenvalue weighted by Gasteiger charge is 2.14. The predicted molar refractivity (Wildman–Crippen MR) is 77.8 cm³/mol. The summed E-state index contributed by atoms with van der Waals surface area (Å²) < 4.78 is 1.81. The van der Waals surface area contributed by atoms with Gasteiger partial charge in [-0.15, -0.1) is 10.2 Å². The molecule has 7 nitrogen and oxygen atoms in total. The van der Waals surface area contributed by atoms with Crippen molar-refractivity contribution in [2.75, 3.05) is 11.9 Å². The Morgan fingerprint density at radius 1 is 1.50 bits per heavy atom. The Morgan fingerprint density at radius 3 is 2.90 bits per heavy atom. The van der Waals surface area contributed by atoms with Crippen LogP contribution in [0.5, 0.6) is 0 Å². The largest absolute Gasteiger partial charge is 0.380 e. The summed E-state index contributed by atoms with van der Waals surface area (Å²) in [6, 6.07) is 5.23. The summed E-state index contributed by atoms with van der Waals surface area (Å²) in [5.74, 6) is 0.611. The van der Waals surface area contributed by atoms with Crippen molar-refractivity contribution in [3.8, 4) is 0 Å². The summed E-state index contributed by atoms with van der Waals surface area (Å²) in [5, 5.41) is 22.6. The van der Waals surface area contributed by atoms with Gasteiger partial charge in [0.2, 0.25) is 0 Å². The van der Waals surface area contributed by atoms with Gasteiger partial charge in [-0.1, -0.05) is 17.8 Å². The third-order valence-electron chi connectivity index (χ3n) is 2.66. The average molecular weight is 293 g/mol. The molecule has 0 aliphatic heterocycles. The Kier molecular flexibility index (Phi) is 4.57. The van der Waals surface area contributed by atoms with Gasteiger partial charge in [-0.2, -0.15) is 0 Å². The Hall–Kier alpha value is -2.09. The lowest BCUT2D eigenvalue weighted by Crippen LogP contribution is -2.01. The van der Waals surface area contributed by atoms with Crippen LogP contribution >= 0.6 is 11.8 Å². The van der Waals surface area contributed by atoms with Crippen LogP contribution < -0.4 is 5.32 Å². The van der Waals surface area contributed by atoms with E-state index in [-0.39, 0.29) is 10.6 Å². The van der Waals surface area contributed by atoms with Crippen molar-refractivity contribution < 1.29 is 4.92 Å². The summed E-state index contributed by atoms with van der Waals surface area (Å²) in [6.45, 7) is 2.55. The van der Waals surface area contributed by atoms with E-state index in [4.69, 9.17) is 0 Å². The molecule has 1 heterocycles. The second-order valence-electron chi connectivity index (χ2n) is 4.15. The molecule has 0 bridgehead atoms. The van der Waals surface area contributed by atoms with E-state index in [2.05, 4.69) is 15.5 Å². The zero-order valence-electron chi connectivity index (χ0n) is 11.2. The molecule has 0 saturated carbocycles. The number of anilines is 1. The monoisotopic (exact) mass is 293 g/mol. The number of nitro groups is 1. The number of aryl methyl sites for hydroxylation is 1. The van der Waals surface area contributed by atoms with Crippen LogP contribution in [0.4, 0.5) is 11.4 Å². The molecule has 0 saturated heterocycles. The highest BCUT2D eigenvalue weighted by Crippen LogP contribution is 2.28. The molecule has 0 spiro atoms. The summed E-state index contributed by atoms with van der Waals surface area (Å²) in [4.78, 5) is 10.7. The van der Waals surface area contributed by atoms with Crippen molar-refractivity contribution in [2.24, 2.45) is 7.05 Å². The molecular weight excluding hydrogens is 278 g/mol. The molecule has 0 aliphatic rings. The maximum atomic E-state index is 11.1. The molecule has 0 amide bonds. The first-order valence-corrected chi connectivity index (χ1v) is 7.08. The third kappa shape index (κ3) is 3.27. The molecule has 8 heteroatoms. The second kappa shape index (κ2) is 6.38. The molecule has 2 aromatic rings. The average Bonchev–Trinajstić information content (AvgIpc) is 2.83. The Labute approximate surface area is 120 Å². The maximum absolute atomic E-state index is 11.1. The van der Waals surface area contributed by atoms with E-state index in [9.17, 15) is 10.1 Å². The van der Waals surface area contributed by atoms with E-state index in [1.165, 1.54) is 11.8 Å². The fourth-order valence-corrected chi connectivity index (χ4v) is 2.54. The lowest BCUT2D eigenvalue weighted by atomic mass is 10.2. The molecule has 0 radical (unpaired) electrons. The standard InChI is InChI=1S/C12H15N5O2S/c1-3-13-10-5-4-9(6-11(10)17(18)19)7-20-12-15-14-8-16(12)2/h4-6,8,13H,3,7H2,1-2H3. The Balaban J connectivity index is 2.14. The lowest BCUT2D eigenvalue weighted by Gasteiger charge is -2.06. The number of nitro benzene ring substituents is 1. The fourth-order valence-electron chi connectivity index (χ4n) is 1.71. The van der Waals surface area contributed by atoms with Gasteiger partial charge in [0.15, 0.2) is 5.16 Å². The van der Waals surface area contributed by atoms with Gasteiger partial charge in [-0.25, -0.2) is 0 Å². The molecule has 0 unspecified atom stereocenters. The van der Waals surface area contributed by atoms with E-state index in [1.54, 1.807) is 18.5 Å². The molecule has 1 N–H and O–H groups in total. The van der Waals surface area contributed by atoms with Crippen LogP contribution in [0.2, 0.25) is 0 Å². The van der Waals surface area contributed by atoms with Crippen molar-refractivity contribution in [3.63, 3.8) is 0 Å². The smallest absolute Gasteiger partial charge is 0.292 e. The number of thioether (sulfide) groups is 1. The van der Waals surface area contributed by atoms with Crippen molar-refractivity contribution in [1.29, 1.82) is 0 Å². The van der Waals surface area contributed by atoms with Gasteiger partial charge in [-0.05, 0) is 18.6 Å². The van der Waals surface area contributed by atoms with Gasteiger partial charge >= 0.3 is 0 Å². The first-order valence-electron chi connectivity index (χ1n) is 6.09. The summed E-state index contributed by atoms with van der Waals surface area (Å²) >= 11 is 1.49. The van der Waals surface area contributed by atoms with Gasteiger partial charge in [-0.3, -0.25) is 10.1 Å². The summed E-state index contributed by atoms with van der Waals surface area (Å²) in [6.07, 6.45) is 1.62. The van der Waals surface area contributed by atoms with Gasteiger partial charge in [0.25, 0.3) is 5.69 Å². The maximum Gasteiger partial charge on any atom is 0.292 e. The van der Waals surface area contributed by atoms with Gasteiger partial charge in [0, 0.05) is 25.4 Å².